The molecule has 140 valence electrons. The van der Waals surface area contributed by atoms with Crippen molar-refractivity contribution in [1.82, 2.24) is 5.32 Å². The van der Waals surface area contributed by atoms with Crippen molar-refractivity contribution >= 4 is 46.6 Å². The van der Waals surface area contributed by atoms with Crippen LogP contribution in [-0.4, -0.2) is 24.2 Å². The molecule has 1 heterocycles. The number of rotatable bonds is 5. The first-order chi connectivity index (χ1) is 12.9. The Balaban J connectivity index is 1.83. The average Bonchev–Trinajstić information content (AvgIpc) is 2.89. The Labute approximate surface area is 168 Å². The summed E-state index contributed by atoms with van der Waals surface area (Å²) in [6.45, 7) is 3.94. The highest BCUT2D eigenvalue weighted by Gasteiger charge is 2.32. The molecular formula is C20H19ClN2O3S. The lowest BCUT2D eigenvalue weighted by molar-refractivity contribution is -0.113. The third-order valence-corrected chi connectivity index (χ3v) is 4.41. The number of thiocarbonyl (C=S) groups is 1. The van der Waals surface area contributed by atoms with Crippen molar-refractivity contribution in [3.8, 4) is 11.5 Å². The SMILES string of the molecule is COc1ccc(N2C(=O)C(=Cc3ccc(OC(C)C)cc3)NC2=S)cc1Cl. The fourth-order valence-corrected chi connectivity index (χ4v) is 3.20. The van der Waals surface area contributed by atoms with Crippen LogP contribution in [-0.2, 0) is 4.79 Å². The number of carbonyl (C=O) groups excluding carboxylic acids is 1. The van der Waals surface area contributed by atoms with E-state index in [2.05, 4.69) is 5.32 Å². The number of anilines is 1. The minimum Gasteiger partial charge on any atom is -0.495 e. The highest BCUT2D eigenvalue weighted by atomic mass is 35.5. The predicted octanol–water partition coefficient (Wildman–Crippen LogP) is 4.40. The van der Waals surface area contributed by atoms with Gasteiger partial charge in [-0.15, -0.1) is 0 Å². The van der Waals surface area contributed by atoms with E-state index in [1.807, 2.05) is 38.1 Å². The van der Waals surface area contributed by atoms with E-state index >= 15 is 0 Å². The van der Waals surface area contributed by atoms with Crippen LogP contribution in [0.25, 0.3) is 6.08 Å². The number of carbonyl (C=O) groups is 1. The topological polar surface area (TPSA) is 50.8 Å². The van der Waals surface area contributed by atoms with Crippen molar-refractivity contribution in [1.29, 1.82) is 0 Å². The van der Waals surface area contributed by atoms with Crippen LogP contribution in [0.5, 0.6) is 11.5 Å². The van der Waals surface area contributed by atoms with Crippen molar-refractivity contribution in [2.24, 2.45) is 0 Å². The summed E-state index contributed by atoms with van der Waals surface area (Å²) >= 11 is 11.5. The molecule has 0 aliphatic carbocycles. The van der Waals surface area contributed by atoms with E-state index in [4.69, 9.17) is 33.3 Å². The van der Waals surface area contributed by atoms with Gasteiger partial charge in [0.1, 0.15) is 17.2 Å². The number of hydrogen-bond donors (Lipinski definition) is 1. The molecule has 0 bridgehead atoms. The molecule has 27 heavy (non-hydrogen) atoms. The van der Waals surface area contributed by atoms with Crippen LogP contribution in [0, 0.1) is 0 Å². The summed E-state index contributed by atoms with van der Waals surface area (Å²) in [5, 5.41) is 3.66. The predicted molar refractivity (Wildman–Crippen MR) is 111 cm³/mol. The monoisotopic (exact) mass is 402 g/mol. The van der Waals surface area contributed by atoms with Crippen molar-refractivity contribution in [2.45, 2.75) is 20.0 Å². The highest BCUT2D eigenvalue weighted by Crippen LogP contribution is 2.31. The van der Waals surface area contributed by atoms with Crippen molar-refractivity contribution < 1.29 is 14.3 Å². The third-order valence-electron chi connectivity index (χ3n) is 3.83. The Kier molecular flexibility index (Phi) is 5.68. The normalized spacial score (nSPS) is 15.4. The van der Waals surface area contributed by atoms with Gasteiger partial charge in [-0.2, -0.15) is 0 Å². The van der Waals surface area contributed by atoms with Gasteiger partial charge in [0.05, 0.1) is 23.9 Å². The largest absolute Gasteiger partial charge is 0.495 e. The molecule has 2 aromatic carbocycles. The number of nitrogens with zero attached hydrogens (tertiary/aromatic N) is 1. The van der Waals surface area contributed by atoms with Gasteiger partial charge in [0.2, 0.25) is 0 Å². The summed E-state index contributed by atoms with van der Waals surface area (Å²) in [5.41, 5.74) is 1.83. The smallest absolute Gasteiger partial charge is 0.281 e. The molecule has 0 saturated carbocycles. The van der Waals surface area contributed by atoms with Gasteiger partial charge in [0.25, 0.3) is 5.91 Å². The standard InChI is InChI=1S/C20H19ClN2O3S/c1-12(2)26-15-7-4-13(5-8-15)10-17-19(24)23(20(27)22-17)14-6-9-18(25-3)16(21)11-14/h4-12H,1-3H3,(H,22,27). The fraction of sp³-hybridized carbons (Fsp3) is 0.200. The van der Waals surface area contributed by atoms with Gasteiger partial charge in [0.15, 0.2) is 5.11 Å². The first-order valence-electron chi connectivity index (χ1n) is 8.36. The minimum atomic E-state index is -0.247. The highest BCUT2D eigenvalue weighted by molar-refractivity contribution is 7.80. The van der Waals surface area contributed by atoms with Gasteiger partial charge in [-0.1, -0.05) is 23.7 Å². The molecule has 1 amide bonds. The maximum atomic E-state index is 12.8. The summed E-state index contributed by atoms with van der Waals surface area (Å²) in [5.74, 6) is 1.07. The second-order valence-corrected chi connectivity index (χ2v) is 6.98. The summed E-state index contributed by atoms with van der Waals surface area (Å²) in [4.78, 5) is 14.2. The molecule has 1 aliphatic heterocycles. The van der Waals surface area contributed by atoms with Crippen molar-refractivity contribution in [3.05, 3.63) is 58.7 Å². The van der Waals surface area contributed by atoms with E-state index in [1.165, 1.54) is 12.0 Å². The Hall–Kier alpha value is -2.57. The Morgan fingerprint density at radius 3 is 2.48 bits per heavy atom. The Morgan fingerprint density at radius 1 is 1.19 bits per heavy atom. The number of nitrogens with one attached hydrogen (secondary N) is 1. The van der Waals surface area contributed by atoms with Crippen molar-refractivity contribution in [2.75, 3.05) is 12.0 Å². The van der Waals surface area contributed by atoms with E-state index in [0.29, 0.717) is 27.3 Å². The van der Waals surface area contributed by atoms with E-state index in [-0.39, 0.29) is 12.0 Å². The Morgan fingerprint density at radius 2 is 1.89 bits per heavy atom. The molecule has 0 radical (unpaired) electrons. The van der Waals surface area contributed by atoms with Crippen LogP contribution < -0.4 is 19.7 Å². The van der Waals surface area contributed by atoms with E-state index in [1.54, 1.807) is 24.3 Å². The molecule has 3 rings (SSSR count). The summed E-state index contributed by atoms with van der Waals surface area (Å²) in [6, 6.07) is 12.6. The molecule has 2 aromatic rings. The number of halogens is 1. The molecule has 0 atom stereocenters. The van der Waals surface area contributed by atoms with Gasteiger partial charge in [-0.25, -0.2) is 0 Å². The number of benzene rings is 2. The molecular weight excluding hydrogens is 384 g/mol. The summed E-state index contributed by atoms with van der Waals surface area (Å²) in [7, 11) is 1.53. The van der Waals surface area contributed by atoms with Crippen LogP contribution in [0.15, 0.2) is 48.2 Å². The third kappa shape index (κ3) is 4.23. The van der Waals surface area contributed by atoms with Gasteiger partial charge in [-0.3, -0.25) is 9.69 Å². The number of methoxy groups -OCH3 is 1. The summed E-state index contributed by atoms with van der Waals surface area (Å²) < 4.78 is 10.8. The quantitative estimate of drug-likeness (QED) is 0.593. The van der Waals surface area contributed by atoms with Crippen LogP contribution in [0.1, 0.15) is 19.4 Å². The van der Waals surface area contributed by atoms with E-state index < -0.39 is 0 Å². The molecule has 7 heteroatoms. The zero-order chi connectivity index (χ0) is 19.6. The van der Waals surface area contributed by atoms with Crippen LogP contribution in [0.4, 0.5) is 5.69 Å². The van der Waals surface area contributed by atoms with Gasteiger partial charge < -0.3 is 14.8 Å². The maximum Gasteiger partial charge on any atom is 0.281 e. The first-order valence-corrected chi connectivity index (χ1v) is 9.15. The van der Waals surface area contributed by atoms with E-state index in [0.717, 1.165) is 11.3 Å². The van der Waals surface area contributed by atoms with Crippen LogP contribution >= 0.6 is 23.8 Å². The Bertz CT molecular complexity index is 910. The van der Waals surface area contributed by atoms with Crippen LogP contribution in [0.3, 0.4) is 0 Å². The average molecular weight is 403 g/mol. The lowest BCUT2D eigenvalue weighted by atomic mass is 10.2. The first kappa shape index (κ1) is 19.2. The second-order valence-electron chi connectivity index (χ2n) is 6.18. The number of hydrogen-bond acceptors (Lipinski definition) is 4. The van der Waals surface area contributed by atoms with Crippen LogP contribution in [0.2, 0.25) is 5.02 Å². The van der Waals surface area contributed by atoms with E-state index in [9.17, 15) is 4.79 Å². The molecule has 5 nitrogen and oxygen atoms in total. The molecule has 1 N–H and O–H groups in total. The zero-order valence-electron chi connectivity index (χ0n) is 15.2. The zero-order valence-corrected chi connectivity index (χ0v) is 16.7. The molecule has 1 fully saturated rings. The fourth-order valence-electron chi connectivity index (χ4n) is 2.65. The minimum absolute atomic E-state index is 0.106. The van der Waals surface area contributed by atoms with Crippen molar-refractivity contribution in [3.63, 3.8) is 0 Å². The molecule has 0 unspecified atom stereocenters. The van der Waals surface area contributed by atoms with Gasteiger partial charge in [-0.05, 0) is 68.0 Å². The second kappa shape index (κ2) is 7.98. The number of ether oxygens (including phenoxy) is 2. The van der Waals surface area contributed by atoms with Gasteiger partial charge in [0, 0.05) is 0 Å². The molecule has 1 aliphatic rings. The lowest BCUT2D eigenvalue weighted by Crippen LogP contribution is -2.30. The van der Waals surface area contributed by atoms with Gasteiger partial charge >= 0.3 is 0 Å². The molecule has 0 spiro atoms. The molecule has 1 saturated heterocycles. The molecule has 0 aromatic heterocycles. The lowest BCUT2D eigenvalue weighted by Gasteiger charge is -2.15. The maximum absolute atomic E-state index is 12.8. The number of amides is 1. The summed E-state index contributed by atoms with van der Waals surface area (Å²) in [6.07, 6.45) is 1.85.